The molecule has 0 bridgehead atoms. The number of para-hydroxylation sites is 2. The highest BCUT2D eigenvalue weighted by atomic mass is 35.5. The van der Waals surface area contributed by atoms with Gasteiger partial charge in [-0.25, -0.2) is 8.42 Å². The SMILES string of the molecule is CCC1CN(C(=O)CN(c2ccccc2OC)S(=O)(=O)c2cc([N+](=O)[O-])ccc2Cl)CCO1. The number of halogens is 1. The molecule has 0 aromatic heterocycles. The zero-order valence-electron chi connectivity index (χ0n) is 18.1. The van der Waals surface area contributed by atoms with Crippen LogP contribution in [-0.2, 0) is 19.6 Å². The van der Waals surface area contributed by atoms with Gasteiger partial charge in [0.1, 0.15) is 17.2 Å². The smallest absolute Gasteiger partial charge is 0.270 e. The lowest BCUT2D eigenvalue weighted by molar-refractivity contribution is -0.385. The first-order chi connectivity index (χ1) is 15.7. The third-order valence-electron chi connectivity index (χ3n) is 5.27. The number of morpholine rings is 1. The Hall–Kier alpha value is -2.89. The van der Waals surface area contributed by atoms with Crippen LogP contribution in [0.3, 0.4) is 0 Å². The summed E-state index contributed by atoms with van der Waals surface area (Å²) in [5.74, 6) is -0.225. The lowest BCUT2D eigenvalue weighted by atomic mass is 10.2. The molecule has 2 aromatic rings. The number of nitrogens with zero attached hydrogens (tertiary/aromatic N) is 3. The number of carbonyl (C=O) groups excluding carboxylic acids is 1. The highest BCUT2D eigenvalue weighted by molar-refractivity contribution is 7.93. The Balaban J connectivity index is 2.07. The minimum Gasteiger partial charge on any atom is -0.495 e. The van der Waals surface area contributed by atoms with Gasteiger partial charge >= 0.3 is 0 Å². The number of methoxy groups -OCH3 is 1. The zero-order chi connectivity index (χ0) is 24.2. The highest BCUT2D eigenvalue weighted by Crippen LogP contribution is 2.35. The van der Waals surface area contributed by atoms with Crippen molar-refractivity contribution in [2.24, 2.45) is 0 Å². The summed E-state index contributed by atoms with van der Waals surface area (Å²) in [4.78, 5) is 24.7. The molecule has 2 aromatic carbocycles. The monoisotopic (exact) mass is 497 g/mol. The number of hydrogen-bond donors (Lipinski definition) is 0. The standard InChI is InChI=1S/C21H24ClN3O7S/c1-3-16-13-23(10-11-32-16)21(26)14-24(18-6-4-5-7-19(18)31-2)33(29,30)20-12-15(25(27)28)8-9-17(20)22/h4-9,12,16H,3,10-11,13-14H2,1-2H3. The van der Waals surface area contributed by atoms with Crippen molar-refractivity contribution in [2.75, 3.05) is 37.7 Å². The molecule has 1 atom stereocenters. The third kappa shape index (κ3) is 5.37. The Morgan fingerprint density at radius 1 is 1.33 bits per heavy atom. The minimum atomic E-state index is -4.49. The van der Waals surface area contributed by atoms with Crippen LogP contribution in [0.25, 0.3) is 0 Å². The molecule has 3 rings (SSSR count). The first kappa shape index (κ1) is 24.7. The van der Waals surface area contributed by atoms with Crippen molar-refractivity contribution in [1.29, 1.82) is 0 Å². The number of ether oxygens (including phenoxy) is 2. The number of benzene rings is 2. The van der Waals surface area contributed by atoms with E-state index >= 15 is 0 Å². The molecular formula is C21H24ClN3O7S. The second-order valence-corrected chi connectivity index (χ2v) is 9.53. The van der Waals surface area contributed by atoms with Gasteiger partial charge in [0.05, 0.1) is 35.5 Å². The van der Waals surface area contributed by atoms with E-state index in [0.717, 1.165) is 22.5 Å². The van der Waals surface area contributed by atoms with E-state index in [1.807, 2.05) is 6.92 Å². The van der Waals surface area contributed by atoms with Crippen molar-refractivity contribution < 1.29 is 27.6 Å². The molecule has 1 heterocycles. The topological polar surface area (TPSA) is 119 Å². The van der Waals surface area contributed by atoms with E-state index in [9.17, 15) is 23.3 Å². The maximum Gasteiger partial charge on any atom is 0.270 e. The van der Waals surface area contributed by atoms with Crippen molar-refractivity contribution in [3.05, 3.63) is 57.6 Å². The number of rotatable bonds is 8. The number of non-ortho nitro benzene ring substituents is 1. The van der Waals surface area contributed by atoms with Gasteiger partial charge < -0.3 is 14.4 Å². The van der Waals surface area contributed by atoms with Gasteiger partial charge in [0.15, 0.2) is 0 Å². The zero-order valence-corrected chi connectivity index (χ0v) is 19.7. The summed E-state index contributed by atoms with van der Waals surface area (Å²) in [6.45, 7) is 2.41. The molecule has 0 spiro atoms. The predicted octanol–water partition coefficient (Wildman–Crippen LogP) is 3.09. The summed E-state index contributed by atoms with van der Waals surface area (Å²) >= 11 is 6.14. The van der Waals surface area contributed by atoms with E-state index in [0.29, 0.717) is 26.1 Å². The average Bonchev–Trinajstić information content (AvgIpc) is 2.82. The van der Waals surface area contributed by atoms with E-state index in [4.69, 9.17) is 21.1 Å². The van der Waals surface area contributed by atoms with E-state index in [1.165, 1.54) is 13.2 Å². The summed E-state index contributed by atoms with van der Waals surface area (Å²) in [6.07, 6.45) is 0.576. The molecule has 0 N–H and O–H groups in total. The fourth-order valence-corrected chi connectivity index (χ4v) is 5.39. The van der Waals surface area contributed by atoms with Crippen LogP contribution in [0, 0.1) is 10.1 Å². The fourth-order valence-electron chi connectivity index (χ4n) is 3.47. The number of hydrogen-bond acceptors (Lipinski definition) is 7. The quantitative estimate of drug-likeness (QED) is 0.406. The largest absolute Gasteiger partial charge is 0.495 e. The van der Waals surface area contributed by atoms with Gasteiger partial charge in [-0.1, -0.05) is 30.7 Å². The molecular weight excluding hydrogens is 474 g/mol. The van der Waals surface area contributed by atoms with Gasteiger partial charge in [0, 0.05) is 25.2 Å². The summed E-state index contributed by atoms with van der Waals surface area (Å²) in [5.41, 5.74) is -0.334. The van der Waals surface area contributed by atoms with Crippen LogP contribution in [0.1, 0.15) is 13.3 Å². The lowest BCUT2D eigenvalue weighted by Gasteiger charge is -2.34. The highest BCUT2D eigenvalue weighted by Gasteiger charge is 2.34. The molecule has 1 unspecified atom stereocenters. The first-order valence-electron chi connectivity index (χ1n) is 10.2. The van der Waals surface area contributed by atoms with Crippen LogP contribution in [-0.4, -0.2) is 63.6 Å². The molecule has 1 amide bonds. The van der Waals surface area contributed by atoms with Gasteiger partial charge in [0.25, 0.3) is 15.7 Å². The summed E-state index contributed by atoms with van der Waals surface area (Å²) < 4.78 is 39.2. The molecule has 1 aliphatic rings. The van der Waals surface area contributed by atoms with E-state index in [1.54, 1.807) is 23.1 Å². The van der Waals surface area contributed by atoms with Crippen molar-refractivity contribution in [1.82, 2.24) is 4.90 Å². The maximum absolute atomic E-state index is 13.7. The average molecular weight is 498 g/mol. The molecule has 1 aliphatic heterocycles. The second-order valence-electron chi connectivity index (χ2n) is 7.30. The Morgan fingerprint density at radius 2 is 2.06 bits per heavy atom. The van der Waals surface area contributed by atoms with Crippen LogP contribution in [0.4, 0.5) is 11.4 Å². The molecule has 1 saturated heterocycles. The molecule has 1 fully saturated rings. The normalized spacial score (nSPS) is 16.3. The number of sulfonamides is 1. The van der Waals surface area contributed by atoms with Crippen LogP contribution in [0.2, 0.25) is 5.02 Å². The van der Waals surface area contributed by atoms with Gasteiger partial charge in [-0.3, -0.25) is 19.2 Å². The second kappa shape index (κ2) is 10.4. The molecule has 0 radical (unpaired) electrons. The van der Waals surface area contributed by atoms with Gasteiger partial charge in [-0.05, 0) is 24.6 Å². The number of anilines is 1. The third-order valence-corrected chi connectivity index (χ3v) is 7.51. The Morgan fingerprint density at radius 3 is 2.73 bits per heavy atom. The molecule has 178 valence electrons. The van der Waals surface area contributed by atoms with E-state index < -0.39 is 38.0 Å². The molecule has 0 aliphatic carbocycles. The van der Waals surface area contributed by atoms with Crippen molar-refractivity contribution in [3.8, 4) is 5.75 Å². The summed E-state index contributed by atoms with van der Waals surface area (Å²) in [7, 11) is -3.11. The number of nitro groups is 1. The van der Waals surface area contributed by atoms with Crippen LogP contribution >= 0.6 is 11.6 Å². The number of amides is 1. The summed E-state index contributed by atoms with van der Waals surface area (Å²) in [6, 6.07) is 9.43. The number of nitro benzene ring substituents is 1. The Kier molecular flexibility index (Phi) is 7.77. The maximum atomic E-state index is 13.7. The van der Waals surface area contributed by atoms with Crippen LogP contribution in [0.5, 0.6) is 5.75 Å². The number of carbonyl (C=O) groups is 1. The Labute approximate surface area is 196 Å². The summed E-state index contributed by atoms with van der Waals surface area (Å²) in [5, 5.41) is 11.0. The molecule has 10 nitrogen and oxygen atoms in total. The molecule has 12 heteroatoms. The van der Waals surface area contributed by atoms with Gasteiger partial charge in [-0.15, -0.1) is 0 Å². The lowest BCUT2D eigenvalue weighted by Crippen LogP contribution is -2.50. The van der Waals surface area contributed by atoms with Gasteiger partial charge in [0.2, 0.25) is 5.91 Å². The van der Waals surface area contributed by atoms with Gasteiger partial charge in [-0.2, -0.15) is 0 Å². The van der Waals surface area contributed by atoms with E-state index in [-0.39, 0.29) is 22.6 Å². The van der Waals surface area contributed by atoms with Crippen LogP contribution in [0.15, 0.2) is 47.4 Å². The van der Waals surface area contributed by atoms with Crippen molar-refractivity contribution in [2.45, 2.75) is 24.3 Å². The molecule has 0 saturated carbocycles. The van der Waals surface area contributed by atoms with Crippen LogP contribution < -0.4 is 9.04 Å². The minimum absolute atomic E-state index is 0.108. The fraction of sp³-hybridized carbons (Fsp3) is 0.381. The Bertz CT molecular complexity index is 1140. The van der Waals surface area contributed by atoms with Crippen molar-refractivity contribution in [3.63, 3.8) is 0 Å². The molecule has 33 heavy (non-hydrogen) atoms. The predicted molar refractivity (Wildman–Crippen MR) is 122 cm³/mol. The van der Waals surface area contributed by atoms with E-state index in [2.05, 4.69) is 0 Å². The first-order valence-corrected chi connectivity index (χ1v) is 12.0. The van der Waals surface area contributed by atoms with Crippen molar-refractivity contribution >= 4 is 38.9 Å².